The van der Waals surface area contributed by atoms with Crippen LogP contribution in [0.2, 0.25) is 0 Å². The molecule has 0 amide bonds. The molecule has 1 saturated heterocycles. The lowest BCUT2D eigenvalue weighted by Gasteiger charge is -2.30. The van der Waals surface area contributed by atoms with Crippen molar-refractivity contribution in [1.82, 2.24) is 9.88 Å². The maximum Gasteiger partial charge on any atom is 0.0674 e. The van der Waals surface area contributed by atoms with Crippen LogP contribution in [-0.4, -0.2) is 35.7 Å². The Morgan fingerprint density at radius 1 is 1.50 bits per heavy atom. The van der Waals surface area contributed by atoms with Gasteiger partial charge in [-0.25, -0.2) is 0 Å². The molecular weight excluding hydrogens is 202 g/mol. The number of morpholine rings is 1. The number of rotatable bonds is 3. The van der Waals surface area contributed by atoms with Gasteiger partial charge in [0.05, 0.1) is 24.1 Å². The van der Waals surface area contributed by atoms with Gasteiger partial charge in [0.25, 0.3) is 0 Å². The van der Waals surface area contributed by atoms with E-state index in [1.807, 2.05) is 12.1 Å². The molecule has 1 unspecified atom stereocenters. The lowest BCUT2D eigenvalue weighted by molar-refractivity contribution is -0.0216. The van der Waals surface area contributed by atoms with Crippen LogP contribution in [0.4, 0.5) is 0 Å². The van der Waals surface area contributed by atoms with Crippen LogP contribution < -0.4 is 5.73 Å². The first-order valence-corrected chi connectivity index (χ1v) is 5.77. The summed E-state index contributed by atoms with van der Waals surface area (Å²) >= 11 is 0. The van der Waals surface area contributed by atoms with E-state index < -0.39 is 0 Å². The molecule has 16 heavy (non-hydrogen) atoms. The molecule has 2 heterocycles. The zero-order chi connectivity index (χ0) is 11.4. The highest BCUT2D eigenvalue weighted by molar-refractivity contribution is 5.11. The predicted molar refractivity (Wildman–Crippen MR) is 62.8 cm³/mol. The van der Waals surface area contributed by atoms with Gasteiger partial charge in [-0.15, -0.1) is 0 Å². The molecule has 0 aromatic carbocycles. The van der Waals surface area contributed by atoms with Crippen molar-refractivity contribution in [2.45, 2.75) is 26.1 Å². The number of aromatic nitrogens is 1. The molecule has 0 bridgehead atoms. The minimum atomic E-state index is 0.325. The fraction of sp³-hybridized carbons (Fsp3) is 0.583. The second-order valence-corrected chi connectivity index (χ2v) is 4.24. The Kier molecular flexibility index (Phi) is 3.88. The van der Waals surface area contributed by atoms with Gasteiger partial charge in [0.1, 0.15) is 0 Å². The number of nitrogens with zero attached hydrogens (tertiary/aromatic N) is 2. The summed E-state index contributed by atoms with van der Waals surface area (Å²) in [6, 6.07) is 6.04. The standard InChI is InChI=1S/C12H19N3O/c1-10-8-15(5-6-16-10)9-12-4-2-3-11(7-13)14-12/h2-4,10H,5-9,13H2,1H3. The highest BCUT2D eigenvalue weighted by atomic mass is 16.5. The first kappa shape index (κ1) is 11.5. The third kappa shape index (κ3) is 3.01. The molecule has 88 valence electrons. The molecule has 0 radical (unpaired) electrons. The summed E-state index contributed by atoms with van der Waals surface area (Å²) < 4.78 is 5.51. The van der Waals surface area contributed by atoms with Crippen molar-refractivity contribution in [3.8, 4) is 0 Å². The molecule has 0 aliphatic carbocycles. The predicted octanol–water partition coefficient (Wildman–Crippen LogP) is 0.761. The molecule has 1 aliphatic rings. The molecule has 4 heteroatoms. The minimum Gasteiger partial charge on any atom is -0.376 e. The second-order valence-electron chi connectivity index (χ2n) is 4.24. The summed E-state index contributed by atoms with van der Waals surface area (Å²) in [5.41, 5.74) is 7.63. The molecule has 1 aromatic heterocycles. The van der Waals surface area contributed by atoms with Gasteiger partial charge in [-0.1, -0.05) is 6.07 Å². The first-order chi connectivity index (χ1) is 7.78. The van der Waals surface area contributed by atoms with Crippen molar-refractivity contribution in [2.24, 2.45) is 5.73 Å². The molecule has 0 spiro atoms. The second kappa shape index (κ2) is 5.39. The normalized spacial score (nSPS) is 22.2. The fourth-order valence-electron chi connectivity index (χ4n) is 1.99. The molecule has 1 fully saturated rings. The Morgan fingerprint density at radius 3 is 3.06 bits per heavy atom. The summed E-state index contributed by atoms with van der Waals surface area (Å²) in [7, 11) is 0. The number of pyridine rings is 1. The molecule has 2 rings (SSSR count). The van der Waals surface area contributed by atoms with Crippen molar-refractivity contribution in [3.05, 3.63) is 29.6 Å². The maximum atomic E-state index is 5.58. The number of nitrogens with two attached hydrogens (primary N) is 1. The van der Waals surface area contributed by atoms with Crippen molar-refractivity contribution < 1.29 is 4.74 Å². The Bertz CT molecular complexity index is 343. The van der Waals surface area contributed by atoms with E-state index in [-0.39, 0.29) is 0 Å². The van der Waals surface area contributed by atoms with Crippen molar-refractivity contribution in [3.63, 3.8) is 0 Å². The van der Waals surface area contributed by atoms with Crippen LogP contribution in [0.15, 0.2) is 18.2 Å². The maximum absolute atomic E-state index is 5.58. The highest BCUT2D eigenvalue weighted by Gasteiger charge is 2.16. The molecule has 1 atom stereocenters. The molecule has 1 aromatic rings. The monoisotopic (exact) mass is 221 g/mol. The quantitative estimate of drug-likeness (QED) is 0.818. The Labute approximate surface area is 96.4 Å². The third-order valence-electron chi connectivity index (χ3n) is 2.78. The zero-order valence-corrected chi connectivity index (χ0v) is 9.72. The summed E-state index contributed by atoms with van der Waals surface area (Å²) in [6.07, 6.45) is 0.325. The highest BCUT2D eigenvalue weighted by Crippen LogP contribution is 2.09. The van der Waals surface area contributed by atoms with E-state index in [2.05, 4.69) is 22.9 Å². The van der Waals surface area contributed by atoms with Crippen LogP contribution in [0.1, 0.15) is 18.3 Å². The van der Waals surface area contributed by atoms with Gasteiger partial charge in [-0.05, 0) is 19.1 Å². The van der Waals surface area contributed by atoms with Crippen molar-refractivity contribution in [2.75, 3.05) is 19.7 Å². The van der Waals surface area contributed by atoms with E-state index in [1.54, 1.807) is 0 Å². The first-order valence-electron chi connectivity index (χ1n) is 5.77. The average Bonchev–Trinajstić information content (AvgIpc) is 2.29. The average molecular weight is 221 g/mol. The van der Waals surface area contributed by atoms with Crippen LogP contribution >= 0.6 is 0 Å². The number of hydrogen-bond donors (Lipinski definition) is 1. The van der Waals surface area contributed by atoms with Crippen LogP contribution in [0.3, 0.4) is 0 Å². The molecule has 1 aliphatic heterocycles. The molecule has 4 nitrogen and oxygen atoms in total. The van der Waals surface area contributed by atoms with Crippen molar-refractivity contribution >= 4 is 0 Å². The Hall–Kier alpha value is -0.970. The minimum absolute atomic E-state index is 0.325. The smallest absolute Gasteiger partial charge is 0.0674 e. The van der Waals surface area contributed by atoms with Crippen LogP contribution in [0.25, 0.3) is 0 Å². The SMILES string of the molecule is CC1CN(Cc2cccc(CN)n2)CCO1. The molecule has 2 N–H and O–H groups in total. The van der Waals surface area contributed by atoms with E-state index in [9.17, 15) is 0 Å². The molecular formula is C12H19N3O. The van der Waals surface area contributed by atoms with Crippen LogP contribution in [-0.2, 0) is 17.8 Å². The van der Waals surface area contributed by atoms with Gasteiger partial charge in [-0.2, -0.15) is 0 Å². The Morgan fingerprint density at radius 2 is 2.31 bits per heavy atom. The van der Waals surface area contributed by atoms with E-state index in [0.717, 1.165) is 37.6 Å². The van der Waals surface area contributed by atoms with Gasteiger partial charge in [0.2, 0.25) is 0 Å². The van der Waals surface area contributed by atoms with Gasteiger partial charge in [-0.3, -0.25) is 9.88 Å². The molecule has 0 saturated carbocycles. The van der Waals surface area contributed by atoms with E-state index in [4.69, 9.17) is 10.5 Å². The van der Waals surface area contributed by atoms with Crippen LogP contribution in [0.5, 0.6) is 0 Å². The largest absolute Gasteiger partial charge is 0.376 e. The summed E-state index contributed by atoms with van der Waals surface area (Å²) in [4.78, 5) is 6.87. The van der Waals surface area contributed by atoms with E-state index in [1.165, 1.54) is 0 Å². The summed E-state index contributed by atoms with van der Waals surface area (Å²) in [5, 5.41) is 0. The van der Waals surface area contributed by atoms with Gasteiger partial charge in [0.15, 0.2) is 0 Å². The number of hydrogen-bond acceptors (Lipinski definition) is 4. The Balaban J connectivity index is 1.97. The van der Waals surface area contributed by atoms with Gasteiger partial charge in [0, 0.05) is 26.2 Å². The topological polar surface area (TPSA) is 51.4 Å². The lowest BCUT2D eigenvalue weighted by Crippen LogP contribution is -2.40. The van der Waals surface area contributed by atoms with E-state index in [0.29, 0.717) is 12.6 Å². The van der Waals surface area contributed by atoms with E-state index >= 15 is 0 Å². The third-order valence-corrected chi connectivity index (χ3v) is 2.78. The summed E-state index contributed by atoms with van der Waals surface area (Å²) in [6.45, 7) is 6.29. The van der Waals surface area contributed by atoms with Gasteiger partial charge < -0.3 is 10.5 Å². The summed E-state index contributed by atoms with van der Waals surface area (Å²) in [5.74, 6) is 0. The fourth-order valence-corrected chi connectivity index (χ4v) is 1.99. The van der Waals surface area contributed by atoms with Gasteiger partial charge >= 0.3 is 0 Å². The number of ether oxygens (including phenoxy) is 1. The van der Waals surface area contributed by atoms with Crippen molar-refractivity contribution in [1.29, 1.82) is 0 Å². The zero-order valence-electron chi connectivity index (χ0n) is 9.72. The lowest BCUT2D eigenvalue weighted by atomic mass is 10.2. The van der Waals surface area contributed by atoms with Crippen LogP contribution in [0, 0.1) is 0 Å².